The smallest absolute Gasteiger partial charge is 0.340 e. The van der Waals surface area contributed by atoms with Gasteiger partial charge in [-0.05, 0) is 51.1 Å². The van der Waals surface area contributed by atoms with E-state index in [0.717, 1.165) is 29.1 Å². The van der Waals surface area contributed by atoms with E-state index in [1.165, 1.54) is 0 Å². The number of aryl methyl sites for hydroxylation is 1. The van der Waals surface area contributed by atoms with Crippen LogP contribution in [0.3, 0.4) is 0 Å². The Bertz CT molecular complexity index is 773. The van der Waals surface area contributed by atoms with E-state index in [1.807, 2.05) is 38.3 Å². The number of esters is 1. The molecule has 0 bridgehead atoms. The molecule has 0 aliphatic heterocycles. The van der Waals surface area contributed by atoms with Crippen LogP contribution in [0.4, 0.5) is 0 Å². The third-order valence-corrected chi connectivity index (χ3v) is 5.11. The lowest BCUT2D eigenvalue weighted by atomic mass is 10.1. The molecule has 0 amide bonds. The van der Waals surface area contributed by atoms with Crippen molar-refractivity contribution in [3.8, 4) is 0 Å². The van der Waals surface area contributed by atoms with Gasteiger partial charge in [0.15, 0.2) is 12.4 Å². The lowest BCUT2D eigenvalue weighted by molar-refractivity contribution is 0.0474. The second kappa shape index (κ2) is 6.85. The average Bonchev–Trinajstić information content (AvgIpc) is 3.37. The summed E-state index contributed by atoms with van der Waals surface area (Å²) in [5.41, 5.74) is 3.12. The van der Waals surface area contributed by atoms with Crippen LogP contribution < -0.4 is 0 Å². The Balaban J connectivity index is 1.64. The van der Waals surface area contributed by atoms with Gasteiger partial charge in [0.2, 0.25) is 0 Å². The number of aromatic nitrogens is 1. The molecule has 24 heavy (non-hydrogen) atoms. The summed E-state index contributed by atoms with van der Waals surface area (Å²) in [5.74, 6) is -0.615. The SMILES string of the molecule is CSc1ccc(C(=O)COC(=O)c2cc(C)n(C3CC3)c2C)cc1. The van der Waals surface area contributed by atoms with E-state index in [9.17, 15) is 9.59 Å². The Labute approximate surface area is 146 Å². The Morgan fingerprint density at radius 2 is 1.88 bits per heavy atom. The van der Waals surface area contributed by atoms with Crippen molar-refractivity contribution in [2.45, 2.75) is 37.6 Å². The van der Waals surface area contributed by atoms with E-state index in [1.54, 1.807) is 23.9 Å². The first kappa shape index (κ1) is 16.8. The Morgan fingerprint density at radius 1 is 1.21 bits per heavy atom. The molecule has 0 spiro atoms. The third-order valence-electron chi connectivity index (χ3n) is 4.36. The number of nitrogens with zero attached hydrogens (tertiary/aromatic N) is 1. The van der Waals surface area contributed by atoms with Crippen molar-refractivity contribution in [1.82, 2.24) is 4.57 Å². The zero-order chi connectivity index (χ0) is 17.3. The zero-order valence-corrected chi connectivity index (χ0v) is 15.0. The highest BCUT2D eigenvalue weighted by molar-refractivity contribution is 7.98. The Morgan fingerprint density at radius 3 is 2.46 bits per heavy atom. The maximum absolute atomic E-state index is 12.3. The van der Waals surface area contributed by atoms with Crippen molar-refractivity contribution >= 4 is 23.5 Å². The van der Waals surface area contributed by atoms with Crippen LogP contribution in [0, 0.1) is 13.8 Å². The van der Waals surface area contributed by atoms with E-state index in [-0.39, 0.29) is 12.4 Å². The Kier molecular flexibility index (Phi) is 4.81. The topological polar surface area (TPSA) is 48.3 Å². The first-order valence-corrected chi connectivity index (χ1v) is 9.26. The molecule has 3 rings (SSSR count). The van der Waals surface area contributed by atoms with Crippen LogP contribution in [0.5, 0.6) is 0 Å². The summed E-state index contributed by atoms with van der Waals surface area (Å²) in [6, 6.07) is 9.69. The minimum absolute atomic E-state index is 0.188. The molecular formula is C19H21NO3S. The predicted molar refractivity (Wildman–Crippen MR) is 95.0 cm³/mol. The van der Waals surface area contributed by atoms with E-state index < -0.39 is 5.97 Å². The summed E-state index contributed by atoms with van der Waals surface area (Å²) in [5, 5.41) is 0. The number of rotatable bonds is 6. The molecule has 126 valence electrons. The van der Waals surface area contributed by atoms with Gasteiger partial charge in [-0.1, -0.05) is 12.1 Å². The summed E-state index contributed by atoms with van der Waals surface area (Å²) in [6.45, 7) is 3.70. The van der Waals surface area contributed by atoms with Crippen molar-refractivity contribution in [1.29, 1.82) is 0 Å². The average molecular weight is 343 g/mol. The fourth-order valence-electron chi connectivity index (χ4n) is 2.95. The van der Waals surface area contributed by atoms with Crippen LogP contribution in [0.15, 0.2) is 35.2 Å². The van der Waals surface area contributed by atoms with Crippen molar-refractivity contribution in [2.75, 3.05) is 12.9 Å². The number of benzene rings is 1. The minimum atomic E-state index is -0.427. The van der Waals surface area contributed by atoms with Gasteiger partial charge in [-0.25, -0.2) is 4.79 Å². The highest BCUT2D eigenvalue weighted by atomic mass is 32.2. The lowest BCUT2D eigenvalue weighted by Gasteiger charge is -2.08. The van der Waals surface area contributed by atoms with Crippen molar-refractivity contribution in [2.24, 2.45) is 0 Å². The Hall–Kier alpha value is -2.01. The molecule has 0 radical (unpaired) electrons. The number of ketones is 1. The molecule has 1 saturated carbocycles. The van der Waals surface area contributed by atoms with Crippen LogP contribution in [0.25, 0.3) is 0 Å². The van der Waals surface area contributed by atoms with Crippen molar-refractivity contribution < 1.29 is 14.3 Å². The van der Waals surface area contributed by atoms with Crippen LogP contribution in [0.1, 0.15) is 51.0 Å². The predicted octanol–water partition coefficient (Wildman–Crippen LogP) is 4.20. The van der Waals surface area contributed by atoms with Crippen molar-refractivity contribution in [3.05, 3.63) is 52.8 Å². The molecule has 5 heteroatoms. The molecule has 0 atom stereocenters. The summed E-state index contributed by atoms with van der Waals surface area (Å²) in [4.78, 5) is 25.6. The van der Waals surface area contributed by atoms with Crippen LogP contribution in [-0.2, 0) is 4.74 Å². The molecular weight excluding hydrogens is 322 g/mol. The van der Waals surface area contributed by atoms with Gasteiger partial charge in [0.1, 0.15) is 0 Å². The van der Waals surface area contributed by atoms with E-state index in [2.05, 4.69) is 4.57 Å². The monoisotopic (exact) mass is 343 g/mol. The standard InChI is InChI=1S/C19H21NO3S/c1-12-10-17(13(2)20(12)15-6-7-15)19(22)23-11-18(21)14-4-8-16(24-3)9-5-14/h4-5,8-10,15H,6-7,11H2,1-3H3. The molecule has 4 nitrogen and oxygen atoms in total. The fraction of sp³-hybridized carbons (Fsp3) is 0.368. The molecule has 1 heterocycles. The van der Waals surface area contributed by atoms with E-state index >= 15 is 0 Å². The quantitative estimate of drug-likeness (QED) is 0.448. The highest BCUT2D eigenvalue weighted by Gasteiger charge is 2.28. The molecule has 2 aromatic rings. The molecule has 0 saturated heterocycles. The molecule has 1 aliphatic rings. The largest absolute Gasteiger partial charge is 0.454 e. The number of hydrogen-bond acceptors (Lipinski definition) is 4. The number of ether oxygens (including phenoxy) is 1. The van der Waals surface area contributed by atoms with E-state index in [4.69, 9.17) is 4.74 Å². The molecule has 1 aromatic heterocycles. The van der Waals surface area contributed by atoms with Gasteiger partial charge in [-0.15, -0.1) is 11.8 Å². The molecule has 0 N–H and O–H groups in total. The van der Waals surface area contributed by atoms with E-state index in [0.29, 0.717) is 17.2 Å². The number of hydrogen-bond donors (Lipinski definition) is 0. The van der Waals surface area contributed by atoms with Crippen LogP contribution in [-0.4, -0.2) is 29.2 Å². The van der Waals surface area contributed by atoms with Gasteiger partial charge in [0.25, 0.3) is 0 Å². The second-order valence-corrected chi connectivity index (χ2v) is 6.99. The highest BCUT2D eigenvalue weighted by Crippen LogP contribution is 2.38. The normalized spacial score (nSPS) is 13.8. The third kappa shape index (κ3) is 3.41. The van der Waals surface area contributed by atoms with Gasteiger partial charge in [-0.2, -0.15) is 0 Å². The molecule has 1 aliphatic carbocycles. The summed E-state index contributed by atoms with van der Waals surface area (Å²) < 4.78 is 7.44. The molecule has 0 unspecified atom stereocenters. The molecule has 1 aromatic carbocycles. The van der Waals surface area contributed by atoms with Gasteiger partial charge in [0, 0.05) is 27.9 Å². The van der Waals surface area contributed by atoms with Crippen molar-refractivity contribution in [3.63, 3.8) is 0 Å². The number of thioether (sulfide) groups is 1. The fourth-order valence-corrected chi connectivity index (χ4v) is 3.36. The van der Waals surface area contributed by atoms with Gasteiger partial charge in [0.05, 0.1) is 5.56 Å². The summed E-state index contributed by atoms with van der Waals surface area (Å²) in [6.07, 6.45) is 4.31. The van der Waals surface area contributed by atoms with Gasteiger partial charge < -0.3 is 9.30 Å². The van der Waals surface area contributed by atoms with Crippen LogP contribution >= 0.6 is 11.8 Å². The first-order valence-electron chi connectivity index (χ1n) is 8.04. The zero-order valence-electron chi connectivity index (χ0n) is 14.2. The molecule has 1 fully saturated rings. The lowest BCUT2D eigenvalue weighted by Crippen LogP contribution is -2.15. The van der Waals surface area contributed by atoms with Crippen LogP contribution in [0.2, 0.25) is 0 Å². The maximum atomic E-state index is 12.3. The maximum Gasteiger partial charge on any atom is 0.340 e. The first-order chi connectivity index (χ1) is 11.5. The number of carbonyl (C=O) groups is 2. The second-order valence-electron chi connectivity index (χ2n) is 6.11. The summed E-state index contributed by atoms with van der Waals surface area (Å²) >= 11 is 1.62. The number of Topliss-reactive ketones (excluding diaryl/α,β-unsaturated/α-hetero) is 1. The van der Waals surface area contributed by atoms with Gasteiger partial charge >= 0.3 is 5.97 Å². The number of carbonyl (C=O) groups excluding carboxylic acids is 2. The summed E-state index contributed by atoms with van der Waals surface area (Å²) in [7, 11) is 0. The minimum Gasteiger partial charge on any atom is -0.454 e. The van der Waals surface area contributed by atoms with Gasteiger partial charge in [-0.3, -0.25) is 4.79 Å².